The molecule has 0 saturated heterocycles. The molecule has 0 atom stereocenters. The van der Waals surface area contributed by atoms with E-state index in [9.17, 15) is 4.79 Å². The van der Waals surface area contributed by atoms with Crippen molar-refractivity contribution in [3.63, 3.8) is 0 Å². The smallest absolute Gasteiger partial charge is 0.303 e. The molecule has 0 bridgehead atoms. The lowest BCUT2D eigenvalue weighted by Crippen LogP contribution is -1.97. The Morgan fingerprint density at radius 1 is 1.57 bits per heavy atom. The predicted octanol–water partition coefficient (Wildman–Crippen LogP) is 1.99. The Balaban J connectivity index is 2.22. The quantitative estimate of drug-likeness (QED) is 0.773. The molecule has 0 saturated carbocycles. The first-order chi connectivity index (χ1) is 6.75. The molecule has 0 aliphatic rings. The molecular weight excluding hydrogens is 178 g/mol. The zero-order valence-corrected chi connectivity index (χ0v) is 7.58. The Bertz CT molecular complexity index is 426. The summed E-state index contributed by atoms with van der Waals surface area (Å²) in [5, 5.41) is 9.61. The average molecular weight is 188 g/mol. The van der Waals surface area contributed by atoms with Gasteiger partial charge in [0.25, 0.3) is 0 Å². The first kappa shape index (κ1) is 8.81. The van der Waals surface area contributed by atoms with Crippen LogP contribution in [0.5, 0.6) is 0 Å². The van der Waals surface area contributed by atoms with Crippen LogP contribution in [-0.4, -0.2) is 16.1 Å². The molecule has 2 rings (SSSR count). The van der Waals surface area contributed by atoms with Crippen LogP contribution in [0.4, 0.5) is 0 Å². The van der Waals surface area contributed by atoms with Crippen LogP contribution in [0.15, 0.2) is 24.3 Å². The van der Waals surface area contributed by atoms with Crippen molar-refractivity contribution < 1.29 is 9.90 Å². The third-order valence-corrected chi connectivity index (χ3v) is 2.13. The normalized spacial score (nSPS) is 10.6. The highest BCUT2D eigenvalue weighted by Gasteiger charge is 2.02. The second-order valence-corrected chi connectivity index (χ2v) is 3.20. The molecule has 14 heavy (non-hydrogen) atoms. The van der Waals surface area contributed by atoms with Gasteiger partial charge >= 0.3 is 5.97 Å². The van der Waals surface area contributed by atoms with Crippen molar-refractivity contribution in [2.45, 2.75) is 12.8 Å². The number of aromatic amines is 1. The summed E-state index contributed by atoms with van der Waals surface area (Å²) in [4.78, 5) is 13.5. The van der Waals surface area contributed by atoms with Crippen molar-refractivity contribution in [2.24, 2.45) is 0 Å². The van der Waals surface area contributed by atoms with Crippen LogP contribution in [0.1, 0.15) is 12.1 Å². The molecule has 1 radical (unpaired) electrons. The molecule has 0 fully saturated rings. The molecule has 1 heterocycles. The van der Waals surface area contributed by atoms with Crippen LogP contribution in [0, 0.1) is 6.07 Å². The second kappa shape index (κ2) is 3.54. The maximum absolute atomic E-state index is 10.4. The van der Waals surface area contributed by atoms with Gasteiger partial charge in [-0.05, 0) is 30.7 Å². The van der Waals surface area contributed by atoms with E-state index in [-0.39, 0.29) is 6.42 Å². The zero-order valence-electron chi connectivity index (χ0n) is 7.58. The molecule has 3 nitrogen and oxygen atoms in total. The lowest BCUT2D eigenvalue weighted by atomic mass is 10.2. The van der Waals surface area contributed by atoms with Crippen molar-refractivity contribution >= 4 is 16.9 Å². The first-order valence-electron chi connectivity index (χ1n) is 4.45. The highest BCUT2D eigenvalue weighted by Crippen LogP contribution is 2.15. The molecule has 0 unspecified atom stereocenters. The molecule has 2 N–H and O–H groups in total. The van der Waals surface area contributed by atoms with Crippen LogP contribution in [0.3, 0.4) is 0 Å². The summed E-state index contributed by atoms with van der Waals surface area (Å²) in [5.74, 6) is -0.768. The summed E-state index contributed by atoms with van der Waals surface area (Å²) in [5.41, 5.74) is 1.99. The molecular formula is C11H10NO2. The summed E-state index contributed by atoms with van der Waals surface area (Å²) < 4.78 is 0. The number of fused-ring (bicyclic) bond motifs is 1. The van der Waals surface area contributed by atoms with Crippen LogP contribution < -0.4 is 0 Å². The van der Waals surface area contributed by atoms with Crippen molar-refractivity contribution in [3.05, 3.63) is 36.0 Å². The van der Waals surface area contributed by atoms with Crippen LogP contribution in [0.25, 0.3) is 10.9 Å². The fourth-order valence-corrected chi connectivity index (χ4v) is 1.45. The fraction of sp³-hybridized carbons (Fsp3) is 0.182. The van der Waals surface area contributed by atoms with E-state index >= 15 is 0 Å². The van der Waals surface area contributed by atoms with Crippen LogP contribution in [0.2, 0.25) is 0 Å². The number of hydrogen-bond acceptors (Lipinski definition) is 1. The average Bonchev–Trinajstić information content (AvgIpc) is 2.57. The van der Waals surface area contributed by atoms with E-state index in [4.69, 9.17) is 5.11 Å². The molecule has 2 aromatic rings. The summed E-state index contributed by atoms with van der Waals surface area (Å²) >= 11 is 0. The van der Waals surface area contributed by atoms with Crippen LogP contribution >= 0.6 is 0 Å². The Hall–Kier alpha value is -1.77. The van der Waals surface area contributed by atoms with Gasteiger partial charge in [-0.1, -0.05) is 6.07 Å². The molecule has 0 aliphatic heterocycles. The molecule has 0 spiro atoms. The lowest BCUT2D eigenvalue weighted by molar-refractivity contribution is -0.136. The summed E-state index contributed by atoms with van der Waals surface area (Å²) in [7, 11) is 0. The number of hydrogen-bond donors (Lipinski definition) is 2. The topological polar surface area (TPSA) is 53.1 Å². The summed E-state index contributed by atoms with van der Waals surface area (Å²) in [6, 6.07) is 10.6. The highest BCUT2D eigenvalue weighted by atomic mass is 16.4. The van der Waals surface area contributed by atoms with E-state index in [2.05, 4.69) is 11.1 Å². The number of carboxylic acid groups (broad SMARTS) is 1. The van der Waals surface area contributed by atoms with Crippen molar-refractivity contribution in [1.82, 2.24) is 4.98 Å². The van der Waals surface area contributed by atoms with Gasteiger partial charge in [-0.3, -0.25) is 4.79 Å². The van der Waals surface area contributed by atoms with Crippen molar-refractivity contribution in [3.8, 4) is 0 Å². The molecule has 71 valence electrons. The standard InChI is InChI=1S/C11H10NO2/c13-11(14)6-5-9-7-8-3-1-2-4-10(8)12-9/h2-4,7,12H,5-6H2,(H,13,14). The van der Waals surface area contributed by atoms with Gasteiger partial charge in [-0.25, -0.2) is 0 Å². The Morgan fingerprint density at radius 2 is 2.43 bits per heavy atom. The molecule has 1 aromatic carbocycles. The van der Waals surface area contributed by atoms with E-state index in [0.29, 0.717) is 6.42 Å². The second-order valence-electron chi connectivity index (χ2n) is 3.20. The SMILES string of the molecule is O=C(O)CCc1cc2c[c]ccc2[nH]1. The third kappa shape index (κ3) is 1.76. The maximum Gasteiger partial charge on any atom is 0.303 e. The number of carboxylic acids is 1. The minimum Gasteiger partial charge on any atom is -0.481 e. The molecule has 1 aromatic heterocycles. The van der Waals surface area contributed by atoms with Crippen molar-refractivity contribution in [2.75, 3.05) is 0 Å². The number of aryl methyl sites for hydroxylation is 1. The number of H-pyrrole nitrogens is 1. The Morgan fingerprint density at radius 3 is 3.14 bits per heavy atom. The van der Waals surface area contributed by atoms with E-state index in [0.717, 1.165) is 16.6 Å². The minimum atomic E-state index is -0.768. The fourth-order valence-electron chi connectivity index (χ4n) is 1.45. The van der Waals surface area contributed by atoms with Crippen LogP contribution in [-0.2, 0) is 11.2 Å². The number of aliphatic carboxylic acids is 1. The molecule has 0 amide bonds. The monoisotopic (exact) mass is 188 g/mol. The number of carbonyl (C=O) groups is 1. The number of aromatic nitrogens is 1. The molecule has 0 aliphatic carbocycles. The molecule has 3 heteroatoms. The number of nitrogens with one attached hydrogen (secondary N) is 1. The van der Waals surface area contributed by atoms with Gasteiger partial charge in [0.05, 0.1) is 6.42 Å². The number of rotatable bonds is 3. The Labute approximate surface area is 81.4 Å². The first-order valence-corrected chi connectivity index (χ1v) is 4.45. The van der Waals surface area contributed by atoms with E-state index in [1.54, 1.807) is 0 Å². The zero-order chi connectivity index (χ0) is 9.97. The summed E-state index contributed by atoms with van der Waals surface area (Å²) in [6.07, 6.45) is 0.709. The maximum atomic E-state index is 10.4. The van der Waals surface area contributed by atoms with E-state index in [1.807, 2.05) is 24.3 Å². The van der Waals surface area contributed by atoms with E-state index < -0.39 is 5.97 Å². The van der Waals surface area contributed by atoms with Gasteiger partial charge in [0.2, 0.25) is 0 Å². The predicted molar refractivity (Wildman–Crippen MR) is 53.1 cm³/mol. The van der Waals surface area contributed by atoms with Gasteiger partial charge in [0, 0.05) is 16.6 Å². The highest BCUT2D eigenvalue weighted by molar-refractivity contribution is 5.80. The van der Waals surface area contributed by atoms with Gasteiger partial charge in [-0.15, -0.1) is 0 Å². The number of benzene rings is 1. The van der Waals surface area contributed by atoms with Gasteiger partial charge in [0.15, 0.2) is 0 Å². The van der Waals surface area contributed by atoms with E-state index in [1.165, 1.54) is 0 Å². The lowest BCUT2D eigenvalue weighted by Gasteiger charge is -1.91. The largest absolute Gasteiger partial charge is 0.481 e. The summed E-state index contributed by atoms with van der Waals surface area (Å²) in [6.45, 7) is 0. The Kier molecular flexibility index (Phi) is 2.23. The van der Waals surface area contributed by atoms with Crippen molar-refractivity contribution in [1.29, 1.82) is 0 Å². The van der Waals surface area contributed by atoms with Gasteiger partial charge < -0.3 is 10.1 Å². The van der Waals surface area contributed by atoms with Gasteiger partial charge in [-0.2, -0.15) is 0 Å². The third-order valence-electron chi connectivity index (χ3n) is 2.13. The minimum absolute atomic E-state index is 0.163. The van der Waals surface area contributed by atoms with Gasteiger partial charge in [0.1, 0.15) is 0 Å².